The summed E-state index contributed by atoms with van der Waals surface area (Å²) in [6.45, 7) is 4.48. The van der Waals surface area contributed by atoms with Crippen molar-refractivity contribution < 1.29 is 13.2 Å². The number of amides is 1. The SMILES string of the molecule is CC(C)NC(=O)C1CCN(S(=O)(=O)Cc2c(Cl)cccc2Cl)CC1. The van der Waals surface area contributed by atoms with Crippen LogP contribution in [0.5, 0.6) is 0 Å². The Hall–Kier alpha value is -0.820. The van der Waals surface area contributed by atoms with Gasteiger partial charge in [0, 0.05) is 40.7 Å². The summed E-state index contributed by atoms with van der Waals surface area (Å²) in [6.07, 6.45) is 1.04. The number of rotatable bonds is 5. The monoisotopic (exact) mass is 392 g/mol. The molecule has 1 aromatic rings. The molecule has 0 saturated carbocycles. The Kier molecular flexibility index (Phi) is 6.53. The highest BCUT2D eigenvalue weighted by Crippen LogP contribution is 2.28. The third-order valence-corrected chi connectivity index (χ3v) is 6.55. The van der Waals surface area contributed by atoms with Crippen LogP contribution in [-0.2, 0) is 20.6 Å². The maximum absolute atomic E-state index is 12.6. The standard InChI is InChI=1S/C16H22Cl2N2O3S/c1-11(2)19-16(21)12-6-8-20(9-7-12)24(22,23)10-13-14(17)4-3-5-15(13)18/h3-5,11-12H,6-10H2,1-2H3,(H,19,21). The van der Waals surface area contributed by atoms with Gasteiger partial charge in [0.2, 0.25) is 15.9 Å². The number of nitrogens with one attached hydrogen (secondary N) is 1. The molecule has 1 aromatic carbocycles. The van der Waals surface area contributed by atoms with E-state index in [1.807, 2.05) is 13.8 Å². The van der Waals surface area contributed by atoms with Gasteiger partial charge in [-0.2, -0.15) is 0 Å². The van der Waals surface area contributed by atoms with Gasteiger partial charge < -0.3 is 5.32 Å². The van der Waals surface area contributed by atoms with Crippen LogP contribution in [0.15, 0.2) is 18.2 Å². The summed E-state index contributed by atoms with van der Waals surface area (Å²) >= 11 is 12.1. The lowest BCUT2D eigenvalue weighted by Crippen LogP contribution is -2.44. The van der Waals surface area contributed by atoms with E-state index in [0.717, 1.165) is 0 Å². The lowest BCUT2D eigenvalue weighted by atomic mass is 9.97. The first-order valence-corrected chi connectivity index (χ1v) is 10.3. The summed E-state index contributed by atoms with van der Waals surface area (Å²) < 4.78 is 26.7. The molecule has 1 aliphatic rings. The van der Waals surface area contributed by atoms with Crippen molar-refractivity contribution in [2.45, 2.75) is 38.5 Å². The van der Waals surface area contributed by atoms with E-state index < -0.39 is 10.0 Å². The van der Waals surface area contributed by atoms with Crippen molar-refractivity contribution in [1.82, 2.24) is 9.62 Å². The molecule has 0 unspecified atom stereocenters. The van der Waals surface area contributed by atoms with Crippen LogP contribution in [0.1, 0.15) is 32.3 Å². The molecule has 134 valence electrons. The van der Waals surface area contributed by atoms with Crippen LogP contribution in [0.2, 0.25) is 10.0 Å². The average molecular weight is 393 g/mol. The molecule has 0 spiro atoms. The van der Waals surface area contributed by atoms with E-state index >= 15 is 0 Å². The zero-order valence-electron chi connectivity index (χ0n) is 13.8. The second-order valence-corrected chi connectivity index (χ2v) is 9.08. The second kappa shape index (κ2) is 8.04. The number of piperidine rings is 1. The van der Waals surface area contributed by atoms with Crippen molar-refractivity contribution >= 4 is 39.1 Å². The van der Waals surface area contributed by atoms with Gasteiger partial charge in [0.05, 0.1) is 5.75 Å². The number of nitrogens with zero attached hydrogens (tertiary/aromatic N) is 1. The van der Waals surface area contributed by atoms with E-state index in [1.165, 1.54) is 4.31 Å². The number of hydrogen-bond acceptors (Lipinski definition) is 3. The van der Waals surface area contributed by atoms with E-state index in [2.05, 4.69) is 5.32 Å². The molecule has 0 radical (unpaired) electrons. The smallest absolute Gasteiger partial charge is 0.223 e. The maximum Gasteiger partial charge on any atom is 0.223 e. The van der Waals surface area contributed by atoms with E-state index in [4.69, 9.17) is 23.2 Å². The van der Waals surface area contributed by atoms with Gasteiger partial charge in [-0.25, -0.2) is 12.7 Å². The second-order valence-electron chi connectivity index (χ2n) is 6.29. The molecule has 1 saturated heterocycles. The Morgan fingerprint density at radius 2 is 1.79 bits per heavy atom. The van der Waals surface area contributed by atoms with Crippen LogP contribution in [0.3, 0.4) is 0 Å². The van der Waals surface area contributed by atoms with Crippen LogP contribution < -0.4 is 5.32 Å². The highest BCUT2D eigenvalue weighted by Gasteiger charge is 2.32. The summed E-state index contributed by atoms with van der Waals surface area (Å²) in [6, 6.07) is 5.02. The summed E-state index contributed by atoms with van der Waals surface area (Å²) in [4.78, 5) is 12.0. The first-order chi connectivity index (χ1) is 11.2. The minimum absolute atomic E-state index is 0.00352. The first kappa shape index (κ1) is 19.5. The van der Waals surface area contributed by atoms with Crippen LogP contribution in [0.25, 0.3) is 0 Å². The normalized spacial score (nSPS) is 17.2. The number of halogens is 2. The highest BCUT2D eigenvalue weighted by atomic mass is 35.5. The fourth-order valence-corrected chi connectivity index (χ4v) is 5.06. The topological polar surface area (TPSA) is 66.5 Å². The van der Waals surface area contributed by atoms with E-state index in [1.54, 1.807) is 18.2 Å². The Morgan fingerprint density at radius 3 is 2.29 bits per heavy atom. The molecule has 2 rings (SSSR count). The predicted molar refractivity (Wildman–Crippen MR) is 96.7 cm³/mol. The van der Waals surface area contributed by atoms with Crippen molar-refractivity contribution in [2.75, 3.05) is 13.1 Å². The lowest BCUT2D eigenvalue weighted by molar-refractivity contribution is -0.126. The van der Waals surface area contributed by atoms with Crippen molar-refractivity contribution in [2.24, 2.45) is 5.92 Å². The fourth-order valence-electron chi connectivity index (χ4n) is 2.74. The van der Waals surface area contributed by atoms with Crippen molar-refractivity contribution in [3.63, 3.8) is 0 Å². The number of carbonyl (C=O) groups is 1. The molecule has 0 aromatic heterocycles. The van der Waals surface area contributed by atoms with Gasteiger partial charge in [-0.15, -0.1) is 0 Å². The number of hydrogen-bond donors (Lipinski definition) is 1. The van der Waals surface area contributed by atoms with Gasteiger partial charge in [-0.05, 0) is 38.8 Å². The van der Waals surface area contributed by atoms with Crippen LogP contribution >= 0.6 is 23.2 Å². The van der Waals surface area contributed by atoms with Crippen LogP contribution in [0.4, 0.5) is 0 Å². The van der Waals surface area contributed by atoms with Crippen LogP contribution in [0, 0.1) is 5.92 Å². The molecule has 1 fully saturated rings. The predicted octanol–water partition coefficient (Wildman–Crippen LogP) is 3.06. The van der Waals surface area contributed by atoms with Crippen molar-refractivity contribution in [3.05, 3.63) is 33.8 Å². The zero-order valence-corrected chi connectivity index (χ0v) is 16.1. The van der Waals surface area contributed by atoms with Crippen LogP contribution in [-0.4, -0.2) is 37.8 Å². The summed E-state index contributed by atoms with van der Waals surface area (Å²) in [5.74, 6) is -0.368. The Bertz CT molecular complexity index is 679. The fraction of sp³-hybridized carbons (Fsp3) is 0.562. The molecule has 1 heterocycles. The molecule has 1 N–H and O–H groups in total. The Balaban J connectivity index is 2.01. The van der Waals surface area contributed by atoms with E-state index in [0.29, 0.717) is 41.5 Å². The number of benzene rings is 1. The molecular weight excluding hydrogens is 371 g/mol. The lowest BCUT2D eigenvalue weighted by Gasteiger charge is -2.31. The molecule has 0 atom stereocenters. The molecule has 1 amide bonds. The average Bonchev–Trinajstić information content (AvgIpc) is 2.50. The van der Waals surface area contributed by atoms with E-state index in [-0.39, 0.29) is 23.6 Å². The van der Waals surface area contributed by atoms with Gasteiger partial charge in [0.15, 0.2) is 0 Å². The third-order valence-electron chi connectivity index (χ3n) is 4.04. The zero-order chi connectivity index (χ0) is 17.9. The van der Waals surface area contributed by atoms with Crippen molar-refractivity contribution in [1.29, 1.82) is 0 Å². The summed E-state index contributed by atoms with van der Waals surface area (Å²) in [5, 5.41) is 3.57. The quantitative estimate of drug-likeness (QED) is 0.836. The molecule has 8 heteroatoms. The molecular formula is C16H22Cl2N2O3S. The maximum atomic E-state index is 12.6. The number of sulfonamides is 1. The van der Waals surface area contributed by atoms with Crippen molar-refractivity contribution in [3.8, 4) is 0 Å². The Morgan fingerprint density at radius 1 is 1.25 bits per heavy atom. The molecule has 1 aliphatic heterocycles. The molecule has 24 heavy (non-hydrogen) atoms. The highest BCUT2D eigenvalue weighted by molar-refractivity contribution is 7.88. The summed E-state index contributed by atoms with van der Waals surface area (Å²) in [5.41, 5.74) is 0.417. The molecule has 0 aliphatic carbocycles. The summed E-state index contributed by atoms with van der Waals surface area (Å²) in [7, 11) is -3.52. The van der Waals surface area contributed by atoms with E-state index in [9.17, 15) is 13.2 Å². The first-order valence-electron chi connectivity index (χ1n) is 7.92. The minimum atomic E-state index is -3.52. The van der Waals surface area contributed by atoms with Gasteiger partial charge in [0.1, 0.15) is 0 Å². The van der Waals surface area contributed by atoms with Gasteiger partial charge in [-0.3, -0.25) is 4.79 Å². The Labute approximate surface area is 153 Å². The molecule has 5 nitrogen and oxygen atoms in total. The van der Waals surface area contributed by atoms with Gasteiger partial charge in [-0.1, -0.05) is 29.3 Å². The number of carbonyl (C=O) groups excluding carboxylic acids is 1. The largest absolute Gasteiger partial charge is 0.354 e. The molecule has 0 bridgehead atoms. The van der Waals surface area contributed by atoms with Gasteiger partial charge in [0.25, 0.3) is 0 Å². The third kappa shape index (κ3) is 4.85. The minimum Gasteiger partial charge on any atom is -0.354 e. The van der Waals surface area contributed by atoms with Gasteiger partial charge >= 0.3 is 0 Å².